The highest BCUT2D eigenvalue weighted by molar-refractivity contribution is 5.43. The van der Waals surface area contributed by atoms with Gasteiger partial charge in [-0.25, -0.2) is 0 Å². The first-order chi connectivity index (χ1) is 8.22. The van der Waals surface area contributed by atoms with Crippen molar-refractivity contribution in [1.82, 2.24) is 0 Å². The van der Waals surface area contributed by atoms with Gasteiger partial charge in [0.05, 0.1) is 26.4 Å². The van der Waals surface area contributed by atoms with E-state index < -0.39 is 0 Å². The molecule has 17 heavy (non-hydrogen) atoms. The number of hydrogen-bond acceptors (Lipinski definition) is 4. The summed E-state index contributed by atoms with van der Waals surface area (Å²) in [7, 11) is 1.59. The van der Waals surface area contributed by atoms with E-state index in [2.05, 4.69) is 6.92 Å². The van der Waals surface area contributed by atoms with Crippen molar-refractivity contribution in [1.29, 1.82) is 0 Å². The summed E-state index contributed by atoms with van der Waals surface area (Å²) >= 11 is 0. The Kier molecular flexibility index (Phi) is 5.80. The Hall–Kier alpha value is -1.26. The molecular formula is C13H21NO3. The van der Waals surface area contributed by atoms with E-state index in [9.17, 15) is 0 Å². The second-order valence-electron chi connectivity index (χ2n) is 3.90. The molecule has 0 bridgehead atoms. The minimum absolute atomic E-state index is 0.0841. The number of aliphatic hydroxyl groups excluding tert-OH is 1. The number of nitrogens with two attached hydrogens (primary N) is 1. The summed E-state index contributed by atoms with van der Waals surface area (Å²) in [6, 6.07) is 5.11. The number of benzene rings is 1. The summed E-state index contributed by atoms with van der Waals surface area (Å²) in [5.41, 5.74) is 6.58. The van der Waals surface area contributed by atoms with Gasteiger partial charge in [-0.15, -0.1) is 0 Å². The van der Waals surface area contributed by atoms with Crippen molar-refractivity contribution >= 4 is 0 Å². The molecule has 4 nitrogen and oxygen atoms in total. The number of ether oxygens (including phenoxy) is 2. The Morgan fingerprint density at radius 2 is 2.12 bits per heavy atom. The van der Waals surface area contributed by atoms with Crippen molar-refractivity contribution in [3.8, 4) is 11.5 Å². The lowest BCUT2D eigenvalue weighted by Gasteiger charge is -2.14. The van der Waals surface area contributed by atoms with E-state index in [1.54, 1.807) is 7.11 Å². The lowest BCUT2D eigenvalue weighted by Crippen LogP contribution is -2.14. The Labute approximate surface area is 102 Å². The second kappa shape index (κ2) is 7.14. The third-order valence-corrected chi connectivity index (χ3v) is 2.57. The summed E-state index contributed by atoms with van der Waals surface area (Å²) in [4.78, 5) is 0. The van der Waals surface area contributed by atoms with Crippen molar-refractivity contribution in [3.63, 3.8) is 0 Å². The first-order valence-electron chi connectivity index (χ1n) is 5.90. The molecule has 4 heteroatoms. The van der Waals surface area contributed by atoms with Crippen molar-refractivity contribution < 1.29 is 14.6 Å². The predicted molar refractivity (Wildman–Crippen MR) is 67.4 cm³/mol. The summed E-state index contributed by atoms with van der Waals surface area (Å²) < 4.78 is 10.9. The molecule has 0 unspecified atom stereocenters. The Morgan fingerprint density at radius 3 is 2.71 bits per heavy atom. The predicted octanol–water partition coefficient (Wildman–Crippen LogP) is 1.87. The van der Waals surface area contributed by atoms with E-state index in [4.69, 9.17) is 20.3 Å². The molecule has 0 heterocycles. The van der Waals surface area contributed by atoms with Crippen molar-refractivity contribution in [2.75, 3.05) is 20.3 Å². The Bertz CT molecular complexity index is 341. The average molecular weight is 239 g/mol. The lowest BCUT2D eigenvalue weighted by atomic mass is 10.1. The van der Waals surface area contributed by atoms with Crippen LogP contribution in [0.2, 0.25) is 0 Å². The third-order valence-electron chi connectivity index (χ3n) is 2.57. The number of methoxy groups -OCH3 is 1. The first kappa shape index (κ1) is 13.8. The molecule has 1 aromatic carbocycles. The lowest BCUT2D eigenvalue weighted by molar-refractivity contribution is 0.266. The Balaban J connectivity index is 2.78. The van der Waals surface area contributed by atoms with Crippen LogP contribution in [-0.2, 0) is 0 Å². The molecule has 0 saturated carbocycles. The minimum Gasteiger partial charge on any atom is -0.493 e. The van der Waals surface area contributed by atoms with E-state index in [0.717, 1.165) is 24.2 Å². The van der Waals surface area contributed by atoms with Crippen LogP contribution in [0.5, 0.6) is 11.5 Å². The molecule has 0 aliphatic rings. The molecule has 0 aliphatic carbocycles. The molecule has 0 spiro atoms. The van der Waals surface area contributed by atoms with Crippen LogP contribution in [0, 0.1) is 0 Å². The molecule has 0 aromatic heterocycles. The van der Waals surface area contributed by atoms with Crippen LogP contribution in [0.15, 0.2) is 18.2 Å². The van der Waals surface area contributed by atoms with Gasteiger partial charge in [0.1, 0.15) is 0 Å². The van der Waals surface area contributed by atoms with Crippen LogP contribution in [0.4, 0.5) is 0 Å². The zero-order valence-corrected chi connectivity index (χ0v) is 10.5. The fourth-order valence-corrected chi connectivity index (χ4v) is 1.47. The normalized spacial score (nSPS) is 12.2. The monoisotopic (exact) mass is 239 g/mol. The van der Waals surface area contributed by atoms with E-state index in [-0.39, 0.29) is 12.6 Å². The van der Waals surface area contributed by atoms with Crippen molar-refractivity contribution in [3.05, 3.63) is 23.8 Å². The van der Waals surface area contributed by atoms with Gasteiger partial charge in [-0.2, -0.15) is 0 Å². The fourth-order valence-electron chi connectivity index (χ4n) is 1.47. The van der Waals surface area contributed by atoms with E-state index in [1.165, 1.54) is 0 Å². The van der Waals surface area contributed by atoms with Crippen molar-refractivity contribution in [2.45, 2.75) is 25.8 Å². The number of unbranched alkanes of at least 4 members (excludes halogenated alkanes) is 1. The minimum atomic E-state index is -0.381. The molecule has 0 fully saturated rings. The second-order valence-corrected chi connectivity index (χ2v) is 3.90. The highest BCUT2D eigenvalue weighted by atomic mass is 16.5. The molecular weight excluding hydrogens is 218 g/mol. The first-order valence-corrected chi connectivity index (χ1v) is 5.90. The maximum atomic E-state index is 9.00. The van der Waals surface area contributed by atoms with Gasteiger partial charge in [0.2, 0.25) is 0 Å². The van der Waals surface area contributed by atoms with Crippen LogP contribution in [-0.4, -0.2) is 25.4 Å². The fraction of sp³-hybridized carbons (Fsp3) is 0.538. The SMILES string of the molecule is CCCCOc1ccc([C@H](N)CO)cc1OC. The van der Waals surface area contributed by atoms with Crippen LogP contribution in [0.1, 0.15) is 31.4 Å². The molecule has 0 saturated heterocycles. The number of rotatable bonds is 7. The van der Waals surface area contributed by atoms with Crippen LogP contribution in [0.25, 0.3) is 0 Å². The van der Waals surface area contributed by atoms with Gasteiger partial charge in [-0.1, -0.05) is 19.4 Å². The van der Waals surface area contributed by atoms with Gasteiger partial charge in [0.25, 0.3) is 0 Å². The standard InChI is InChI=1S/C13H21NO3/c1-3-4-7-17-12-6-5-10(11(14)9-15)8-13(12)16-2/h5-6,8,11,15H,3-4,7,9,14H2,1-2H3/t11-/m1/s1. The zero-order valence-electron chi connectivity index (χ0n) is 10.5. The number of hydrogen-bond donors (Lipinski definition) is 2. The van der Waals surface area contributed by atoms with E-state index in [0.29, 0.717) is 12.4 Å². The third kappa shape index (κ3) is 3.91. The van der Waals surface area contributed by atoms with Gasteiger partial charge in [0, 0.05) is 0 Å². The molecule has 1 aromatic rings. The van der Waals surface area contributed by atoms with Gasteiger partial charge < -0.3 is 20.3 Å². The molecule has 1 atom stereocenters. The summed E-state index contributed by atoms with van der Waals surface area (Å²) in [6.45, 7) is 2.71. The molecule has 1 rings (SSSR count). The molecule has 0 amide bonds. The molecule has 0 radical (unpaired) electrons. The van der Waals surface area contributed by atoms with E-state index >= 15 is 0 Å². The summed E-state index contributed by atoms with van der Waals surface area (Å²) in [5, 5.41) is 9.00. The number of aliphatic hydroxyl groups is 1. The average Bonchev–Trinajstić information content (AvgIpc) is 2.38. The summed E-state index contributed by atoms with van der Waals surface area (Å²) in [5.74, 6) is 1.37. The van der Waals surface area contributed by atoms with Crippen LogP contribution < -0.4 is 15.2 Å². The van der Waals surface area contributed by atoms with Gasteiger partial charge in [-0.3, -0.25) is 0 Å². The summed E-state index contributed by atoms with van der Waals surface area (Å²) in [6.07, 6.45) is 2.11. The molecule has 3 N–H and O–H groups in total. The topological polar surface area (TPSA) is 64.7 Å². The zero-order chi connectivity index (χ0) is 12.7. The van der Waals surface area contributed by atoms with Gasteiger partial charge in [-0.05, 0) is 24.1 Å². The van der Waals surface area contributed by atoms with Gasteiger partial charge in [0.15, 0.2) is 11.5 Å². The van der Waals surface area contributed by atoms with Crippen LogP contribution >= 0.6 is 0 Å². The quantitative estimate of drug-likeness (QED) is 0.713. The van der Waals surface area contributed by atoms with Gasteiger partial charge >= 0.3 is 0 Å². The Morgan fingerprint density at radius 1 is 1.35 bits per heavy atom. The van der Waals surface area contributed by atoms with E-state index in [1.807, 2.05) is 18.2 Å². The van der Waals surface area contributed by atoms with Crippen molar-refractivity contribution in [2.24, 2.45) is 5.73 Å². The maximum absolute atomic E-state index is 9.00. The molecule has 96 valence electrons. The largest absolute Gasteiger partial charge is 0.493 e. The molecule has 0 aliphatic heterocycles. The highest BCUT2D eigenvalue weighted by Crippen LogP contribution is 2.29. The smallest absolute Gasteiger partial charge is 0.161 e. The van der Waals surface area contributed by atoms with Crippen LogP contribution in [0.3, 0.4) is 0 Å². The highest BCUT2D eigenvalue weighted by Gasteiger charge is 2.10. The maximum Gasteiger partial charge on any atom is 0.161 e.